The highest BCUT2D eigenvalue weighted by Gasteiger charge is 2.24. The lowest BCUT2D eigenvalue weighted by atomic mass is 9.91. The van der Waals surface area contributed by atoms with E-state index in [-0.39, 0.29) is 17.7 Å². The maximum absolute atomic E-state index is 12.7. The number of ether oxygens (including phenoxy) is 1. The Kier molecular flexibility index (Phi) is 7.16. The number of allylic oxidation sites excluding steroid dienone is 1. The van der Waals surface area contributed by atoms with Gasteiger partial charge in [0.15, 0.2) is 5.78 Å². The summed E-state index contributed by atoms with van der Waals surface area (Å²) in [7, 11) is 0. The zero-order valence-corrected chi connectivity index (χ0v) is 17.2. The zero-order chi connectivity index (χ0) is 20.7. The van der Waals surface area contributed by atoms with Crippen molar-refractivity contribution in [1.29, 1.82) is 0 Å². The third-order valence-electron chi connectivity index (χ3n) is 4.26. The van der Waals surface area contributed by atoms with E-state index in [2.05, 4.69) is 5.32 Å². The number of rotatable bonds is 6. The van der Waals surface area contributed by atoms with Crippen molar-refractivity contribution in [2.24, 2.45) is 5.92 Å². The minimum Gasteiger partial charge on any atom is -0.444 e. The summed E-state index contributed by atoms with van der Waals surface area (Å²) in [6.45, 7) is 9.28. The van der Waals surface area contributed by atoms with E-state index in [0.717, 1.165) is 5.56 Å². The fraction of sp³-hybridized carbons (Fsp3) is 0.333. The lowest BCUT2D eigenvalue weighted by molar-refractivity contribution is 0.0493. The SMILES string of the molecule is C/C(=C\[C@H](C)[C@H](NC(=O)OC(C)(C)C)c1ccccc1)C(=O)c1ccccc1. The van der Waals surface area contributed by atoms with Gasteiger partial charge in [-0.25, -0.2) is 4.79 Å². The molecule has 0 aliphatic carbocycles. The Hall–Kier alpha value is -2.88. The second kappa shape index (κ2) is 9.36. The number of carbonyl (C=O) groups is 2. The lowest BCUT2D eigenvalue weighted by Gasteiger charge is -2.27. The van der Waals surface area contributed by atoms with Crippen LogP contribution < -0.4 is 5.32 Å². The van der Waals surface area contributed by atoms with Crippen LogP contribution in [0.5, 0.6) is 0 Å². The predicted octanol–water partition coefficient (Wildman–Crippen LogP) is 5.72. The Bertz CT molecular complexity index is 820. The van der Waals surface area contributed by atoms with Gasteiger partial charge in [0.25, 0.3) is 0 Å². The molecular formula is C24H29NO3. The molecule has 0 aromatic heterocycles. The van der Waals surface area contributed by atoms with Gasteiger partial charge < -0.3 is 10.1 Å². The first-order valence-electron chi connectivity index (χ1n) is 9.50. The van der Waals surface area contributed by atoms with Crippen molar-refractivity contribution in [3.8, 4) is 0 Å². The van der Waals surface area contributed by atoms with Crippen molar-refractivity contribution in [2.75, 3.05) is 0 Å². The topological polar surface area (TPSA) is 55.4 Å². The number of carbonyl (C=O) groups excluding carboxylic acids is 2. The van der Waals surface area contributed by atoms with Crippen LogP contribution in [0.25, 0.3) is 0 Å². The van der Waals surface area contributed by atoms with Crippen molar-refractivity contribution in [1.82, 2.24) is 5.32 Å². The molecule has 0 saturated heterocycles. The van der Waals surface area contributed by atoms with Crippen LogP contribution in [0.3, 0.4) is 0 Å². The number of hydrogen-bond donors (Lipinski definition) is 1. The van der Waals surface area contributed by atoms with Gasteiger partial charge in [0.05, 0.1) is 6.04 Å². The predicted molar refractivity (Wildman–Crippen MR) is 112 cm³/mol. The maximum Gasteiger partial charge on any atom is 0.408 e. The molecule has 0 aliphatic rings. The van der Waals surface area contributed by atoms with Gasteiger partial charge in [0.2, 0.25) is 0 Å². The van der Waals surface area contributed by atoms with Crippen molar-refractivity contribution >= 4 is 11.9 Å². The molecule has 2 aromatic rings. The summed E-state index contributed by atoms with van der Waals surface area (Å²) in [5, 5.41) is 2.96. The molecule has 0 unspecified atom stereocenters. The summed E-state index contributed by atoms with van der Waals surface area (Å²) >= 11 is 0. The number of ketones is 1. The minimum atomic E-state index is -0.580. The van der Waals surface area contributed by atoms with E-state index in [1.54, 1.807) is 19.1 Å². The Balaban J connectivity index is 2.24. The molecule has 2 atom stereocenters. The molecule has 0 spiro atoms. The zero-order valence-electron chi connectivity index (χ0n) is 17.2. The monoisotopic (exact) mass is 379 g/mol. The van der Waals surface area contributed by atoms with Crippen LogP contribution in [0.1, 0.15) is 56.6 Å². The average Bonchev–Trinajstić information content (AvgIpc) is 2.65. The normalized spacial score (nSPS) is 14.1. The quantitative estimate of drug-likeness (QED) is 0.516. The van der Waals surface area contributed by atoms with Gasteiger partial charge in [-0.15, -0.1) is 0 Å². The number of nitrogens with one attached hydrogen (secondary N) is 1. The van der Waals surface area contributed by atoms with Crippen LogP contribution in [0.15, 0.2) is 72.3 Å². The van der Waals surface area contributed by atoms with Crippen LogP contribution >= 0.6 is 0 Å². The molecule has 0 heterocycles. The van der Waals surface area contributed by atoms with Gasteiger partial charge in [-0.2, -0.15) is 0 Å². The number of hydrogen-bond acceptors (Lipinski definition) is 3. The maximum atomic E-state index is 12.7. The van der Waals surface area contributed by atoms with Crippen LogP contribution in [-0.4, -0.2) is 17.5 Å². The molecular weight excluding hydrogens is 350 g/mol. The second-order valence-electron chi connectivity index (χ2n) is 7.94. The molecule has 2 aromatic carbocycles. The van der Waals surface area contributed by atoms with E-state index in [0.29, 0.717) is 11.1 Å². The second-order valence-corrected chi connectivity index (χ2v) is 7.94. The van der Waals surface area contributed by atoms with E-state index in [4.69, 9.17) is 4.74 Å². The molecule has 1 amide bonds. The van der Waals surface area contributed by atoms with E-state index in [9.17, 15) is 9.59 Å². The Morgan fingerprint density at radius 1 is 0.964 bits per heavy atom. The number of amides is 1. The van der Waals surface area contributed by atoms with Gasteiger partial charge in [0, 0.05) is 5.56 Å². The fourth-order valence-electron chi connectivity index (χ4n) is 3.00. The molecule has 4 nitrogen and oxygen atoms in total. The van der Waals surface area contributed by atoms with Crippen LogP contribution in [0.2, 0.25) is 0 Å². The molecule has 2 rings (SSSR count). The summed E-state index contributed by atoms with van der Waals surface area (Å²) in [5.41, 5.74) is 1.67. The standard InChI is InChI=1S/C24H29NO3/c1-17(16-18(2)22(26)20-14-10-7-11-15-20)21(19-12-8-6-9-13-19)25-23(27)28-24(3,4)5/h6-17,21H,1-5H3,(H,25,27)/b18-16+/t17-,21-/m0/s1. The molecule has 0 saturated carbocycles. The summed E-state index contributed by atoms with van der Waals surface area (Å²) in [6.07, 6.45) is 1.43. The van der Waals surface area contributed by atoms with E-state index in [1.165, 1.54) is 0 Å². The molecule has 0 aliphatic heterocycles. The number of benzene rings is 2. The van der Waals surface area contributed by atoms with Crippen molar-refractivity contribution < 1.29 is 14.3 Å². The summed E-state index contributed by atoms with van der Waals surface area (Å²) in [4.78, 5) is 25.0. The van der Waals surface area contributed by atoms with E-state index >= 15 is 0 Å². The largest absolute Gasteiger partial charge is 0.444 e. The summed E-state index contributed by atoms with van der Waals surface area (Å²) in [5.74, 6) is -0.126. The Labute approximate surface area is 167 Å². The van der Waals surface area contributed by atoms with Crippen LogP contribution in [-0.2, 0) is 4.74 Å². The van der Waals surface area contributed by atoms with Gasteiger partial charge in [-0.05, 0) is 44.7 Å². The average molecular weight is 380 g/mol. The van der Waals surface area contributed by atoms with Crippen LogP contribution in [0, 0.1) is 5.92 Å². The Morgan fingerprint density at radius 3 is 2.04 bits per heavy atom. The fourth-order valence-corrected chi connectivity index (χ4v) is 3.00. The highest BCUT2D eigenvalue weighted by Crippen LogP contribution is 2.25. The molecule has 0 bridgehead atoms. The first-order chi connectivity index (χ1) is 13.2. The molecule has 1 N–H and O–H groups in total. The highest BCUT2D eigenvalue weighted by molar-refractivity contribution is 6.08. The van der Waals surface area contributed by atoms with Gasteiger partial charge in [-0.1, -0.05) is 73.7 Å². The minimum absolute atomic E-state index is 0.0171. The first kappa shape index (κ1) is 21.4. The smallest absolute Gasteiger partial charge is 0.408 e. The summed E-state index contributed by atoms with van der Waals surface area (Å²) in [6, 6.07) is 18.6. The van der Waals surface area contributed by atoms with Crippen molar-refractivity contribution in [3.05, 3.63) is 83.4 Å². The number of Topliss-reactive ketones (excluding diaryl/α,β-unsaturated/α-hetero) is 1. The number of alkyl carbamates (subject to hydrolysis) is 1. The molecule has 0 fully saturated rings. The third-order valence-corrected chi connectivity index (χ3v) is 4.26. The van der Waals surface area contributed by atoms with E-state index in [1.807, 2.05) is 82.3 Å². The molecule has 4 heteroatoms. The first-order valence-corrected chi connectivity index (χ1v) is 9.50. The van der Waals surface area contributed by atoms with Crippen molar-refractivity contribution in [2.45, 2.75) is 46.3 Å². The van der Waals surface area contributed by atoms with Crippen LogP contribution in [0.4, 0.5) is 4.79 Å². The van der Waals surface area contributed by atoms with Crippen molar-refractivity contribution in [3.63, 3.8) is 0 Å². The summed E-state index contributed by atoms with van der Waals surface area (Å²) < 4.78 is 5.42. The Morgan fingerprint density at radius 2 is 1.50 bits per heavy atom. The molecule has 0 radical (unpaired) electrons. The van der Waals surface area contributed by atoms with Gasteiger partial charge in [0.1, 0.15) is 5.60 Å². The molecule has 148 valence electrons. The van der Waals surface area contributed by atoms with Gasteiger partial charge in [-0.3, -0.25) is 4.79 Å². The van der Waals surface area contributed by atoms with Gasteiger partial charge >= 0.3 is 6.09 Å². The van der Waals surface area contributed by atoms with E-state index < -0.39 is 11.7 Å². The third kappa shape index (κ3) is 6.38. The molecule has 28 heavy (non-hydrogen) atoms. The lowest BCUT2D eigenvalue weighted by Crippen LogP contribution is -2.37. The highest BCUT2D eigenvalue weighted by atomic mass is 16.6.